The number of nitrogens with zero attached hydrogens (tertiary/aromatic N) is 5. The molecule has 7 heteroatoms. The van der Waals surface area contributed by atoms with Gasteiger partial charge in [-0.25, -0.2) is 14.8 Å². The molecule has 2 heterocycles. The number of benzene rings is 2. The summed E-state index contributed by atoms with van der Waals surface area (Å²) in [6.45, 7) is 1.43. The highest BCUT2D eigenvalue weighted by molar-refractivity contribution is 5.91. The summed E-state index contributed by atoms with van der Waals surface area (Å²) in [5, 5.41) is 4.15. The van der Waals surface area contributed by atoms with E-state index in [1.807, 2.05) is 67.7 Å². The minimum Gasteiger partial charge on any atom is -0.340 e. The van der Waals surface area contributed by atoms with Crippen molar-refractivity contribution in [3.05, 3.63) is 77.2 Å². The van der Waals surface area contributed by atoms with Crippen LogP contribution in [-0.4, -0.2) is 44.6 Å². The van der Waals surface area contributed by atoms with Gasteiger partial charge in [0.25, 0.3) is 0 Å². The van der Waals surface area contributed by atoms with Crippen molar-refractivity contribution in [1.29, 1.82) is 0 Å². The fourth-order valence-corrected chi connectivity index (χ4v) is 3.21. The predicted octanol–water partition coefficient (Wildman–Crippen LogP) is 2.87. The molecule has 150 valence electrons. The van der Waals surface area contributed by atoms with Crippen LogP contribution in [0.25, 0.3) is 16.6 Å². The van der Waals surface area contributed by atoms with Crippen LogP contribution >= 0.6 is 0 Å². The van der Waals surface area contributed by atoms with E-state index in [4.69, 9.17) is 6.42 Å². The molecule has 0 unspecified atom stereocenters. The van der Waals surface area contributed by atoms with E-state index in [2.05, 4.69) is 21.2 Å². The Hall–Kier alpha value is -3.89. The third kappa shape index (κ3) is 3.95. The summed E-state index contributed by atoms with van der Waals surface area (Å²) in [5.74, 6) is 3.31. The molecule has 0 amide bonds. The molecule has 7 nitrogen and oxygen atoms in total. The molecule has 4 rings (SSSR count). The third-order valence-corrected chi connectivity index (χ3v) is 4.83. The first-order valence-corrected chi connectivity index (χ1v) is 9.56. The number of likely N-dealkylation sites (N-methyl/N-ethyl adjacent to an activating group) is 1. The standard InChI is InChI=1S/C23H22N6O/c1-4-17-6-5-7-18(14-17)26-22-20-9-8-19(15-21(20)24-16-25-22)29-13-12-28(23(29)30)11-10-27(2)3/h1,5-9,12-16H,10-11H2,2-3H3,(H,24,25,26). The second-order valence-corrected chi connectivity index (χ2v) is 7.22. The molecule has 0 aliphatic heterocycles. The topological polar surface area (TPSA) is 68.0 Å². The Morgan fingerprint density at radius 2 is 2.00 bits per heavy atom. The van der Waals surface area contributed by atoms with Gasteiger partial charge in [0.15, 0.2) is 0 Å². The van der Waals surface area contributed by atoms with E-state index in [0.29, 0.717) is 12.4 Å². The van der Waals surface area contributed by atoms with E-state index in [0.717, 1.165) is 34.4 Å². The second-order valence-electron chi connectivity index (χ2n) is 7.22. The number of terminal acetylenes is 1. The summed E-state index contributed by atoms with van der Waals surface area (Å²) in [7, 11) is 3.97. The lowest BCUT2D eigenvalue weighted by atomic mass is 10.2. The maximum Gasteiger partial charge on any atom is 0.332 e. The zero-order valence-corrected chi connectivity index (χ0v) is 16.9. The third-order valence-electron chi connectivity index (χ3n) is 4.83. The Morgan fingerprint density at radius 1 is 1.13 bits per heavy atom. The van der Waals surface area contributed by atoms with Crippen molar-refractivity contribution < 1.29 is 0 Å². The van der Waals surface area contributed by atoms with Gasteiger partial charge in [0.05, 0.1) is 11.2 Å². The number of anilines is 2. The molecule has 2 aromatic heterocycles. The molecule has 0 spiro atoms. The number of rotatable bonds is 6. The van der Waals surface area contributed by atoms with Gasteiger partial charge in [0.1, 0.15) is 12.1 Å². The molecular formula is C23H22N6O. The Labute approximate surface area is 174 Å². The summed E-state index contributed by atoms with van der Waals surface area (Å²) in [6, 6.07) is 13.3. The predicted molar refractivity (Wildman–Crippen MR) is 119 cm³/mol. The molecule has 0 bridgehead atoms. The smallest absolute Gasteiger partial charge is 0.332 e. The highest BCUT2D eigenvalue weighted by Gasteiger charge is 2.09. The van der Waals surface area contributed by atoms with Crippen molar-refractivity contribution in [1.82, 2.24) is 24.0 Å². The first-order valence-electron chi connectivity index (χ1n) is 9.56. The minimum absolute atomic E-state index is 0.0743. The first kappa shape index (κ1) is 19.4. The van der Waals surface area contributed by atoms with Crippen LogP contribution in [0.15, 0.2) is 66.0 Å². The molecule has 0 atom stereocenters. The normalized spacial score (nSPS) is 11.0. The number of hydrogen-bond acceptors (Lipinski definition) is 5. The number of imidazole rings is 1. The van der Waals surface area contributed by atoms with Crippen molar-refractivity contribution in [2.45, 2.75) is 6.54 Å². The molecule has 0 saturated heterocycles. The van der Waals surface area contributed by atoms with Crippen molar-refractivity contribution in [2.75, 3.05) is 26.0 Å². The lowest BCUT2D eigenvalue weighted by Gasteiger charge is -2.10. The van der Waals surface area contributed by atoms with Gasteiger partial charge < -0.3 is 10.2 Å². The molecular weight excluding hydrogens is 376 g/mol. The van der Waals surface area contributed by atoms with Gasteiger partial charge in [-0.2, -0.15) is 0 Å². The Bertz CT molecular complexity index is 1300. The summed E-state index contributed by atoms with van der Waals surface area (Å²) in [6.07, 6.45) is 10.6. The van der Waals surface area contributed by atoms with E-state index in [1.54, 1.807) is 15.3 Å². The van der Waals surface area contributed by atoms with E-state index in [-0.39, 0.29) is 5.69 Å². The van der Waals surface area contributed by atoms with Gasteiger partial charge in [-0.05, 0) is 50.5 Å². The highest BCUT2D eigenvalue weighted by atomic mass is 16.1. The molecule has 0 saturated carbocycles. The fourth-order valence-electron chi connectivity index (χ4n) is 3.21. The van der Waals surface area contributed by atoms with E-state index in [9.17, 15) is 4.79 Å². The molecule has 0 aliphatic rings. The summed E-state index contributed by atoms with van der Waals surface area (Å²) in [4.78, 5) is 23.5. The molecule has 30 heavy (non-hydrogen) atoms. The van der Waals surface area contributed by atoms with Crippen LogP contribution in [0.1, 0.15) is 5.56 Å². The average molecular weight is 398 g/mol. The Balaban J connectivity index is 1.66. The van der Waals surface area contributed by atoms with Crippen LogP contribution in [0.5, 0.6) is 0 Å². The van der Waals surface area contributed by atoms with Crippen molar-refractivity contribution in [3.63, 3.8) is 0 Å². The molecule has 0 radical (unpaired) electrons. The van der Waals surface area contributed by atoms with E-state index in [1.165, 1.54) is 6.33 Å². The largest absolute Gasteiger partial charge is 0.340 e. The number of aromatic nitrogens is 4. The SMILES string of the molecule is C#Cc1cccc(Nc2ncnc3cc(-n4ccn(CCN(C)C)c4=O)ccc23)c1. The van der Waals surface area contributed by atoms with Gasteiger partial charge in [-0.3, -0.25) is 9.13 Å². The molecule has 4 aromatic rings. The first-order chi connectivity index (χ1) is 14.5. The lowest BCUT2D eigenvalue weighted by Crippen LogP contribution is -2.27. The van der Waals surface area contributed by atoms with Gasteiger partial charge in [0, 0.05) is 42.1 Å². The van der Waals surface area contributed by atoms with Gasteiger partial charge >= 0.3 is 5.69 Å². The van der Waals surface area contributed by atoms with Crippen LogP contribution in [-0.2, 0) is 6.54 Å². The van der Waals surface area contributed by atoms with Crippen molar-refractivity contribution >= 4 is 22.4 Å². The fraction of sp³-hybridized carbons (Fsp3) is 0.174. The number of fused-ring (bicyclic) bond motifs is 1. The lowest BCUT2D eigenvalue weighted by molar-refractivity contribution is 0.380. The zero-order chi connectivity index (χ0) is 21.1. The van der Waals surface area contributed by atoms with E-state index >= 15 is 0 Å². The van der Waals surface area contributed by atoms with Crippen LogP contribution in [0, 0.1) is 12.3 Å². The van der Waals surface area contributed by atoms with E-state index < -0.39 is 0 Å². The summed E-state index contributed by atoms with van der Waals surface area (Å²) >= 11 is 0. The van der Waals surface area contributed by atoms with Gasteiger partial charge in [-0.15, -0.1) is 6.42 Å². The van der Waals surface area contributed by atoms with Crippen LogP contribution in [0.3, 0.4) is 0 Å². The molecule has 0 fully saturated rings. The minimum atomic E-state index is -0.0743. The number of hydrogen-bond donors (Lipinski definition) is 1. The second kappa shape index (κ2) is 8.23. The Morgan fingerprint density at radius 3 is 2.80 bits per heavy atom. The summed E-state index contributed by atoms with van der Waals surface area (Å²) < 4.78 is 3.33. The summed E-state index contributed by atoms with van der Waals surface area (Å²) in [5.41, 5.74) is 3.07. The van der Waals surface area contributed by atoms with Gasteiger partial charge in [0.2, 0.25) is 0 Å². The Kier molecular flexibility index (Phi) is 5.33. The highest BCUT2D eigenvalue weighted by Crippen LogP contribution is 2.25. The van der Waals surface area contributed by atoms with Crippen LogP contribution in [0.2, 0.25) is 0 Å². The maximum atomic E-state index is 12.7. The molecule has 0 aliphatic carbocycles. The molecule has 1 N–H and O–H groups in total. The average Bonchev–Trinajstić information content (AvgIpc) is 3.12. The van der Waals surface area contributed by atoms with Crippen molar-refractivity contribution in [3.8, 4) is 18.0 Å². The van der Waals surface area contributed by atoms with Crippen molar-refractivity contribution in [2.24, 2.45) is 0 Å². The number of nitrogens with one attached hydrogen (secondary N) is 1. The van der Waals surface area contributed by atoms with Crippen LogP contribution < -0.4 is 11.0 Å². The quantitative estimate of drug-likeness (QED) is 0.506. The van der Waals surface area contributed by atoms with Crippen LogP contribution in [0.4, 0.5) is 11.5 Å². The maximum absolute atomic E-state index is 12.7. The van der Waals surface area contributed by atoms with Gasteiger partial charge in [-0.1, -0.05) is 12.0 Å². The zero-order valence-electron chi connectivity index (χ0n) is 16.9. The molecule has 2 aromatic carbocycles. The monoisotopic (exact) mass is 398 g/mol.